The molecule has 0 unspecified atom stereocenters. The van der Waals surface area contributed by atoms with Crippen LogP contribution in [0.25, 0.3) is 10.9 Å². The molecule has 0 aliphatic carbocycles. The normalized spacial score (nSPS) is 10.7. The molecule has 116 valence electrons. The highest BCUT2D eigenvalue weighted by atomic mass is 35.5. The zero-order chi connectivity index (χ0) is 16.4. The Labute approximate surface area is 137 Å². The Kier molecular flexibility index (Phi) is 4.08. The van der Waals surface area contributed by atoms with Gasteiger partial charge in [-0.2, -0.15) is 0 Å². The molecule has 3 rings (SSSR count). The molecule has 0 radical (unpaired) electrons. The molecule has 0 fully saturated rings. The largest absolute Gasteiger partial charge is 0.364 e. The molecule has 1 amide bonds. The highest BCUT2D eigenvalue weighted by molar-refractivity contribution is 6.30. The van der Waals surface area contributed by atoms with Gasteiger partial charge < -0.3 is 11.1 Å². The number of halogens is 1. The van der Waals surface area contributed by atoms with Crippen LogP contribution in [0.2, 0.25) is 5.15 Å². The molecule has 6 nitrogen and oxygen atoms in total. The van der Waals surface area contributed by atoms with Crippen molar-refractivity contribution in [1.82, 2.24) is 15.0 Å². The van der Waals surface area contributed by atoms with E-state index >= 15 is 0 Å². The van der Waals surface area contributed by atoms with Crippen molar-refractivity contribution >= 4 is 39.9 Å². The molecule has 0 aliphatic heterocycles. The Balaban J connectivity index is 2.03. The molecule has 3 aromatic rings. The lowest BCUT2D eigenvalue weighted by atomic mass is 10.2. The first-order chi connectivity index (χ1) is 11.1. The molecule has 0 atom stereocenters. The number of rotatable bonds is 4. The second kappa shape index (κ2) is 6.18. The first-order valence-electron chi connectivity index (χ1n) is 7.06. The number of hydrogen-bond acceptors (Lipinski definition) is 5. The Morgan fingerprint density at radius 2 is 2.13 bits per heavy atom. The fraction of sp³-hybridized carbons (Fsp3) is 0.125. The lowest BCUT2D eigenvalue weighted by molar-refractivity contribution is 0.0996. The van der Waals surface area contributed by atoms with Gasteiger partial charge in [-0.3, -0.25) is 9.78 Å². The number of nitrogens with two attached hydrogens (primary N) is 1. The van der Waals surface area contributed by atoms with Gasteiger partial charge in [-0.15, -0.1) is 0 Å². The third-order valence-electron chi connectivity index (χ3n) is 3.36. The minimum atomic E-state index is -0.662. The Morgan fingerprint density at radius 3 is 2.87 bits per heavy atom. The van der Waals surface area contributed by atoms with Crippen molar-refractivity contribution in [3.05, 3.63) is 53.1 Å². The van der Waals surface area contributed by atoms with Crippen LogP contribution >= 0.6 is 11.6 Å². The van der Waals surface area contributed by atoms with Gasteiger partial charge >= 0.3 is 0 Å². The van der Waals surface area contributed by atoms with Gasteiger partial charge in [0.05, 0.1) is 11.2 Å². The maximum Gasteiger partial charge on any atom is 0.271 e. The number of carbonyl (C=O) groups excluding carboxylic acids is 1. The second-order valence-corrected chi connectivity index (χ2v) is 5.27. The summed E-state index contributed by atoms with van der Waals surface area (Å²) in [6, 6.07) is 9.47. The van der Waals surface area contributed by atoms with Gasteiger partial charge in [0.25, 0.3) is 5.91 Å². The summed E-state index contributed by atoms with van der Waals surface area (Å²) in [7, 11) is 0. The summed E-state index contributed by atoms with van der Waals surface area (Å²) in [6.45, 7) is 1.88. The van der Waals surface area contributed by atoms with Crippen LogP contribution in [0, 0.1) is 0 Å². The number of aryl methyl sites for hydroxylation is 1. The van der Waals surface area contributed by atoms with Crippen LogP contribution in [0.15, 0.2) is 36.5 Å². The van der Waals surface area contributed by atoms with E-state index in [0.29, 0.717) is 17.8 Å². The lowest BCUT2D eigenvalue weighted by Gasteiger charge is -2.11. The number of hydrogen-bond donors (Lipinski definition) is 2. The maximum absolute atomic E-state index is 11.6. The highest BCUT2D eigenvalue weighted by Crippen LogP contribution is 2.24. The smallest absolute Gasteiger partial charge is 0.271 e. The first kappa shape index (κ1) is 15.2. The van der Waals surface area contributed by atoms with Crippen LogP contribution in [-0.2, 0) is 6.42 Å². The Morgan fingerprint density at radius 1 is 1.30 bits per heavy atom. The summed E-state index contributed by atoms with van der Waals surface area (Å²) in [5.74, 6) is -0.430. The maximum atomic E-state index is 11.6. The first-order valence-corrected chi connectivity index (χ1v) is 7.44. The number of aromatic nitrogens is 3. The highest BCUT2D eigenvalue weighted by Gasteiger charge is 2.16. The molecule has 23 heavy (non-hydrogen) atoms. The number of nitrogens with zero attached hydrogens (tertiary/aromatic N) is 3. The third kappa shape index (κ3) is 3.07. The number of amides is 1. The van der Waals surface area contributed by atoms with E-state index in [1.807, 2.05) is 37.3 Å². The van der Waals surface area contributed by atoms with Crippen molar-refractivity contribution in [1.29, 1.82) is 0 Å². The predicted octanol–water partition coefficient (Wildman–Crippen LogP) is 3.08. The van der Waals surface area contributed by atoms with Crippen molar-refractivity contribution in [3.63, 3.8) is 0 Å². The quantitative estimate of drug-likeness (QED) is 0.768. The summed E-state index contributed by atoms with van der Waals surface area (Å²) in [6.07, 6.45) is 2.28. The zero-order valence-electron chi connectivity index (χ0n) is 12.4. The van der Waals surface area contributed by atoms with Crippen LogP contribution in [0.4, 0.5) is 11.5 Å². The van der Waals surface area contributed by atoms with Gasteiger partial charge in [0.1, 0.15) is 0 Å². The molecule has 0 aliphatic rings. The average molecular weight is 328 g/mol. The molecule has 0 bridgehead atoms. The fourth-order valence-electron chi connectivity index (χ4n) is 2.21. The Bertz CT molecular complexity index is 897. The zero-order valence-corrected chi connectivity index (χ0v) is 13.1. The van der Waals surface area contributed by atoms with Crippen LogP contribution in [0.1, 0.15) is 23.1 Å². The van der Waals surface area contributed by atoms with E-state index in [-0.39, 0.29) is 16.7 Å². The second-order valence-electron chi connectivity index (χ2n) is 4.91. The number of carbonyl (C=O) groups is 1. The van der Waals surface area contributed by atoms with Crippen molar-refractivity contribution in [2.24, 2.45) is 5.73 Å². The van der Waals surface area contributed by atoms with E-state index in [2.05, 4.69) is 20.3 Å². The van der Waals surface area contributed by atoms with Gasteiger partial charge in [0.15, 0.2) is 16.7 Å². The molecule has 2 heterocycles. The van der Waals surface area contributed by atoms with E-state index < -0.39 is 5.91 Å². The number of fused-ring (bicyclic) bond motifs is 1. The van der Waals surface area contributed by atoms with Crippen LogP contribution in [-0.4, -0.2) is 20.9 Å². The lowest BCUT2D eigenvalue weighted by Crippen LogP contribution is -2.18. The average Bonchev–Trinajstić information content (AvgIpc) is 2.54. The van der Waals surface area contributed by atoms with E-state index in [1.54, 1.807) is 6.20 Å². The van der Waals surface area contributed by atoms with Gasteiger partial charge in [-0.25, -0.2) is 9.97 Å². The molecule has 0 saturated carbocycles. The summed E-state index contributed by atoms with van der Waals surface area (Å²) in [4.78, 5) is 24.3. The van der Waals surface area contributed by atoms with Crippen LogP contribution < -0.4 is 11.1 Å². The van der Waals surface area contributed by atoms with Gasteiger partial charge in [0.2, 0.25) is 0 Å². The molecule has 0 saturated heterocycles. The van der Waals surface area contributed by atoms with E-state index in [4.69, 9.17) is 17.3 Å². The molecular formula is C16H14ClN5O. The molecule has 3 N–H and O–H groups in total. The number of primary amides is 1. The number of anilines is 2. The molecule has 7 heteroatoms. The summed E-state index contributed by atoms with van der Waals surface area (Å²) < 4.78 is 0. The summed E-state index contributed by atoms with van der Waals surface area (Å²) >= 11 is 6.09. The topological polar surface area (TPSA) is 93.8 Å². The number of benzene rings is 1. The van der Waals surface area contributed by atoms with Crippen molar-refractivity contribution in [2.75, 3.05) is 5.32 Å². The third-order valence-corrected chi connectivity index (χ3v) is 3.66. The predicted molar refractivity (Wildman–Crippen MR) is 90.0 cm³/mol. The number of pyridine rings is 1. The molecular weight excluding hydrogens is 314 g/mol. The van der Waals surface area contributed by atoms with Crippen molar-refractivity contribution in [2.45, 2.75) is 13.3 Å². The standard InChI is InChI=1S/C16H14ClN5O/c1-2-11-14(17)22-16(13(21-11)15(18)23)20-10-6-5-9-4-3-7-19-12(9)8-10/h3-8H,2H2,1H3,(H2,18,23)(H,20,22). The molecule has 1 aromatic carbocycles. The molecule has 2 aromatic heterocycles. The van der Waals surface area contributed by atoms with Gasteiger partial charge in [-0.05, 0) is 24.6 Å². The SMILES string of the molecule is CCc1nc(C(N)=O)c(Nc2ccc3cccnc3c2)nc1Cl. The summed E-state index contributed by atoms with van der Waals surface area (Å²) in [5, 5.41) is 4.30. The molecule has 0 spiro atoms. The monoisotopic (exact) mass is 327 g/mol. The van der Waals surface area contributed by atoms with E-state index in [0.717, 1.165) is 10.9 Å². The Hall–Kier alpha value is -2.73. The van der Waals surface area contributed by atoms with Crippen molar-refractivity contribution < 1.29 is 4.79 Å². The van der Waals surface area contributed by atoms with Gasteiger partial charge in [0, 0.05) is 17.3 Å². The summed E-state index contributed by atoms with van der Waals surface area (Å²) in [5.41, 5.74) is 7.53. The van der Waals surface area contributed by atoms with E-state index in [9.17, 15) is 4.79 Å². The van der Waals surface area contributed by atoms with Gasteiger partial charge in [-0.1, -0.05) is 30.7 Å². The van der Waals surface area contributed by atoms with Crippen LogP contribution in [0.5, 0.6) is 0 Å². The minimum Gasteiger partial charge on any atom is -0.364 e. The minimum absolute atomic E-state index is 0.0624. The van der Waals surface area contributed by atoms with E-state index in [1.165, 1.54) is 0 Å². The van der Waals surface area contributed by atoms with Crippen LogP contribution in [0.3, 0.4) is 0 Å². The number of nitrogens with one attached hydrogen (secondary N) is 1. The van der Waals surface area contributed by atoms with Crippen molar-refractivity contribution in [3.8, 4) is 0 Å². The fourth-order valence-corrected chi connectivity index (χ4v) is 2.47.